The summed E-state index contributed by atoms with van der Waals surface area (Å²) in [5.41, 5.74) is 0.710. The molecule has 1 saturated heterocycles. The number of halogens is 1. The largest absolute Gasteiger partial charge is 0.464 e. The number of amides is 2. The van der Waals surface area contributed by atoms with Gasteiger partial charge in [0.1, 0.15) is 6.04 Å². The molecule has 22 heavy (non-hydrogen) atoms. The molecule has 0 saturated carbocycles. The van der Waals surface area contributed by atoms with Crippen LogP contribution in [0.4, 0.5) is 4.79 Å². The van der Waals surface area contributed by atoms with Crippen molar-refractivity contribution in [1.82, 2.24) is 4.90 Å². The number of hydrogen-bond donors (Lipinski definition) is 0. The van der Waals surface area contributed by atoms with Crippen molar-refractivity contribution in [2.24, 2.45) is 0 Å². The lowest BCUT2D eigenvalue weighted by Crippen LogP contribution is -2.42. The zero-order valence-electron chi connectivity index (χ0n) is 12.0. The Morgan fingerprint density at radius 2 is 2.18 bits per heavy atom. The van der Waals surface area contributed by atoms with E-state index < -0.39 is 23.2 Å². The monoisotopic (exact) mass is 339 g/mol. The van der Waals surface area contributed by atoms with E-state index in [1.54, 1.807) is 37.3 Å². The zero-order valence-corrected chi connectivity index (χ0v) is 13.6. The highest BCUT2D eigenvalue weighted by atomic mass is 35.5. The van der Waals surface area contributed by atoms with Gasteiger partial charge < -0.3 is 4.74 Å². The topological polar surface area (TPSA) is 63.7 Å². The van der Waals surface area contributed by atoms with Crippen LogP contribution < -0.4 is 0 Å². The molecule has 0 bridgehead atoms. The molecule has 1 fully saturated rings. The van der Waals surface area contributed by atoms with Crippen molar-refractivity contribution in [3.05, 3.63) is 39.8 Å². The molecule has 1 atom stereocenters. The zero-order chi connectivity index (χ0) is 16.3. The molecule has 1 aliphatic rings. The van der Waals surface area contributed by atoms with Gasteiger partial charge in [-0.1, -0.05) is 23.7 Å². The first-order chi connectivity index (χ1) is 10.4. The minimum absolute atomic E-state index is 0.192. The molecule has 1 aromatic carbocycles. The first-order valence-electron chi connectivity index (χ1n) is 6.63. The highest BCUT2D eigenvalue weighted by molar-refractivity contribution is 8.18. The van der Waals surface area contributed by atoms with Gasteiger partial charge in [0.05, 0.1) is 11.5 Å². The van der Waals surface area contributed by atoms with Crippen LogP contribution in [0.15, 0.2) is 29.2 Å². The maximum absolute atomic E-state index is 12.3. The molecular formula is C15H14ClNO4S. The Bertz CT molecular complexity index is 659. The van der Waals surface area contributed by atoms with E-state index >= 15 is 0 Å². The van der Waals surface area contributed by atoms with Crippen LogP contribution in [0, 0.1) is 0 Å². The average molecular weight is 340 g/mol. The molecule has 2 rings (SSSR count). The Labute approximate surface area is 137 Å². The number of imide groups is 1. The molecule has 1 aromatic rings. The summed E-state index contributed by atoms with van der Waals surface area (Å²) in [5.74, 6) is -1.11. The second-order valence-corrected chi connectivity index (χ2v) is 5.96. The van der Waals surface area contributed by atoms with E-state index in [2.05, 4.69) is 0 Å². The number of thioether (sulfide) groups is 1. The van der Waals surface area contributed by atoms with Crippen molar-refractivity contribution < 1.29 is 19.1 Å². The van der Waals surface area contributed by atoms with Crippen molar-refractivity contribution in [2.75, 3.05) is 6.61 Å². The van der Waals surface area contributed by atoms with Gasteiger partial charge in [-0.2, -0.15) is 0 Å². The summed E-state index contributed by atoms with van der Waals surface area (Å²) in [6, 6.07) is 5.98. The summed E-state index contributed by atoms with van der Waals surface area (Å²) in [6.45, 7) is 3.33. The molecule has 5 nitrogen and oxygen atoms in total. The number of hydrogen-bond acceptors (Lipinski definition) is 5. The molecule has 0 N–H and O–H groups in total. The van der Waals surface area contributed by atoms with Crippen molar-refractivity contribution in [3.8, 4) is 0 Å². The van der Waals surface area contributed by atoms with Crippen molar-refractivity contribution >= 4 is 46.6 Å². The molecule has 2 amide bonds. The van der Waals surface area contributed by atoms with Crippen molar-refractivity contribution in [2.45, 2.75) is 19.9 Å². The first kappa shape index (κ1) is 16.6. The molecule has 0 unspecified atom stereocenters. The van der Waals surface area contributed by atoms with Gasteiger partial charge >= 0.3 is 5.97 Å². The fraction of sp³-hybridized carbons (Fsp3) is 0.267. The van der Waals surface area contributed by atoms with Crippen LogP contribution in [0.5, 0.6) is 0 Å². The van der Waals surface area contributed by atoms with Gasteiger partial charge in [-0.05, 0) is 49.4 Å². The number of carbonyl (C=O) groups excluding carboxylic acids is 3. The number of esters is 1. The van der Waals surface area contributed by atoms with Gasteiger partial charge in [0.2, 0.25) is 0 Å². The Balaban J connectivity index is 2.23. The fourth-order valence-corrected chi connectivity index (χ4v) is 3.04. The predicted molar refractivity (Wildman–Crippen MR) is 85.4 cm³/mol. The van der Waals surface area contributed by atoms with Crippen molar-refractivity contribution in [1.29, 1.82) is 0 Å². The van der Waals surface area contributed by atoms with E-state index in [-0.39, 0.29) is 11.5 Å². The molecule has 1 heterocycles. The predicted octanol–water partition coefficient (Wildman–Crippen LogP) is 3.33. The van der Waals surface area contributed by atoms with Gasteiger partial charge in [-0.15, -0.1) is 0 Å². The van der Waals surface area contributed by atoms with Crippen LogP contribution in [0.3, 0.4) is 0 Å². The van der Waals surface area contributed by atoms with Crippen LogP contribution in [-0.4, -0.2) is 34.7 Å². The number of ether oxygens (including phenoxy) is 1. The lowest BCUT2D eigenvalue weighted by Gasteiger charge is -2.19. The highest BCUT2D eigenvalue weighted by Gasteiger charge is 2.41. The molecule has 0 spiro atoms. The van der Waals surface area contributed by atoms with Crippen LogP contribution in [-0.2, 0) is 14.3 Å². The van der Waals surface area contributed by atoms with E-state index in [1.807, 2.05) is 0 Å². The summed E-state index contributed by atoms with van der Waals surface area (Å²) in [7, 11) is 0. The Hall–Kier alpha value is -1.79. The van der Waals surface area contributed by atoms with Gasteiger partial charge in [0.15, 0.2) is 0 Å². The summed E-state index contributed by atoms with van der Waals surface area (Å²) in [5, 5.41) is 0.0479. The second kappa shape index (κ2) is 6.98. The minimum atomic E-state index is -0.947. The quantitative estimate of drug-likeness (QED) is 0.622. The third-order valence-electron chi connectivity index (χ3n) is 2.98. The lowest BCUT2D eigenvalue weighted by molar-refractivity contribution is -0.150. The van der Waals surface area contributed by atoms with Crippen LogP contribution in [0.2, 0.25) is 5.02 Å². The average Bonchev–Trinajstić information content (AvgIpc) is 2.73. The fourth-order valence-electron chi connectivity index (χ4n) is 1.93. The maximum Gasteiger partial charge on any atom is 0.329 e. The normalized spacial score (nSPS) is 18.0. The van der Waals surface area contributed by atoms with Crippen LogP contribution in [0.25, 0.3) is 6.08 Å². The molecule has 0 radical (unpaired) electrons. The molecule has 116 valence electrons. The van der Waals surface area contributed by atoms with E-state index in [0.29, 0.717) is 10.6 Å². The Morgan fingerprint density at radius 1 is 1.45 bits per heavy atom. The Morgan fingerprint density at radius 3 is 2.82 bits per heavy atom. The number of nitrogens with zero attached hydrogens (tertiary/aromatic N) is 1. The molecule has 0 aliphatic carbocycles. The number of rotatable bonds is 4. The van der Waals surface area contributed by atoms with Gasteiger partial charge in [0, 0.05) is 5.02 Å². The molecule has 0 aromatic heterocycles. The third-order valence-corrected chi connectivity index (χ3v) is 4.10. The first-order valence-corrected chi connectivity index (χ1v) is 7.82. The van der Waals surface area contributed by atoms with E-state index in [0.717, 1.165) is 16.7 Å². The maximum atomic E-state index is 12.3. The standard InChI is InChI=1S/C15H14ClNO4S/c1-3-21-14(19)9(2)17-13(18)12(22-15(17)20)8-10-5-4-6-11(16)7-10/h4-9H,3H2,1-2H3/b12-8-/t9-/m0/s1. The molecule has 7 heteroatoms. The van der Waals surface area contributed by atoms with Gasteiger partial charge in [0.25, 0.3) is 11.1 Å². The minimum Gasteiger partial charge on any atom is -0.464 e. The second-order valence-electron chi connectivity index (χ2n) is 4.53. The number of benzene rings is 1. The summed E-state index contributed by atoms with van der Waals surface area (Å²) < 4.78 is 4.85. The van der Waals surface area contributed by atoms with E-state index in [4.69, 9.17) is 16.3 Å². The third kappa shape index (κ3) is 3.51. The lowest BCUT2D eigenvalue weighted by atomic mass is 10.2. The smallest absolute Gasteiger partial charge is 0.329 e. The molecule has 1 aliphatic heterocycles. The van der Waals surface area contributed by atoms with Gasteiger partial charge in [-0.3, -0.25) is 14.5 Å². The van der Waals surface area contributed by atoms with E-state index in [1.165, 1.54) is 6.92 Å². The number of carbonyl (C=O) groups is 3. The summed E-state index contributed by atoms with van der Waals surface area (Å²) in [6.07, 6.45) is 1.58. The summed E-state index contributed by atoms with van der Waals surface area (Å²) in [4.78, 5) is 37.2. The van der Waals surface area contributed by atoms with Crippen molar-refractivity contribution in [3.63, 3.8) is 0 Å². The molecular weight excluding hydrogens is 326 g/mol. The highest BCUT2D eigenvalue weighted by Crippen LogP contribution is 2.34. The van der Waals surface area contributed by atoms with Crippen LogP contribution >= 0.6 is 23.4 Å². The van der Waals surface area contributed by atoms with Gasteiger partial charge in [-0.25, -0.2) is 4.79 Å². The summed E-state index contributed by atoms with van der Waals surface area (Å²) >= 11 is 6.69. The van der Waals surface area contributed by atoms with Crippen LogP contribution in [0.1, 0.15) is 19.4 Å². The SMILES string of the molecule is CCOC(=O)[C@H](C)N1C(=O)S/C(=C\c2cccc(Cl)c2)C1=O. The Kier molecular flexibility index (Phi) is 5.26. The van der Waals surface area contributed by atoms with E-state index in [9.17, 15) is 14.4 Å².